The summed E-state index contributed by atoms with van der Waals surface area (Å²) in [5, 5.41) is 0. The second-order valence-electron chi connectivity index (χ2n) is 16.3. The Morgan fingerprint density at radius 2 is 0.800 bits per heavy atom. The molecule has 4 aromatic carbocycles. The molecule has 8 nitrogen and oxygen atoms in total. The SMILES string of the molecule is CN(C)c1ccc(C2=Cc3cc4ccc(cc5nc(cc6[nH]c(c(-c7ccc(N(C)C)cc7)c2n3)c(-c2ccc(N(C)C)cc2)c6-c2ccc(N(C)C)cc2)C=C5)[nH]4)cc1. The molecule has 7 aromatic rings. The van der Waals surface area contributed by atoms with Crippen LogP contribution in [-0.2, 0) is 0 Å². The van der Waals surface area contributed by atoms with Crippen molar-refractivity contribution in [1.82, 2.24) is 19.9 Å². The molecule has 2 aliphatic heterocycles. The van der Waals surface area contributed by atoms with Crippen molar-refractivity contribution in [3.8, 4) is 33.4 Å². The van der Waals surface area contributed by atoms with E-state index in [-0.39, 0.29) is 0 Å². The summed E-state index contributed by atoms with van der Waals surface area (Å²) in [4.78, 5) is 26.9. The van der Waals surface area contributed by atoms with Gasteiger partial charge in [0, 0.05) is 118 Å². The molecule has 0 spiro atoms. The highest BCUT2D eigenvalue weighted by Gasteiger charge is 2.25. The van der Waals surface area contributed by atoms with Gasteiger partial charge in [0.05, 0.1) is 28.3 Å². The number of aromatic amines is 2. The molecule has 5 heterocycles. The van der Waals surface area contributed by atoms with Gasteiger partial charge in [-0.15, -0.1) is 0 Å². The molecule has 0 saturated heterocycles. The highest BCUT2D eigenvalue weighted by Crippen LogP contribution is 2.46. The fraction of sp³-hybridized carbons (Fsp3) is 0.154. The minimum absolute atomic E-state index is 0.864. The van der Waals surface area contributed by atoms with Crippen LogP contribution in [0.25, 0.3) is 79.2 Å². The maximum Gasteiger partial charge on any atom is 0.0815 e. The maximum absolute atomic E-state index is 5.57. The second-order valence-corrected chi connectivity index (χ2v) is 16.3. The van der Waals surface area contributed by atoms with Crippen LogP contribution in [0.5, 0.6) is 0 Å². The van der Waals surface area contributed by atoms with Gasteiger partial charge in [0.2, 0.25) is 0 Å². The highest BCUT2D eigenvalue weighted by molar-refractivity contribution is 6.11. The van der Waals surface area contributed by atoms with Gasteiger partial charge in [0.1, 0.15) is 0 Å². The molecule has 8 bridgehead atoms. The van der Waals surface area contributed by atoms with E-state index < -0.39 is 0 Å². The number of rotatable bonds is 8. The number of aromatic nitrogens is 4. The van der Waals surface area contributed by atoms with Gasteiger partial charge >= 0.3 is 0 Å². The van der Waals surface area contributed by atoms with Gasteiger partial charge in [-0.1, -0.05) is 48.5 Å². The summed E-state index contributed by atoms with van der Waals surface area (Å²) in [5.41, 5.74) is 20.5. The topological polar surface area (TPSA) is 70.3 Å². The van der Waals surface area contributed by atoms with Gasteiger partial charge in [0.25, 0.3) is 0 Å². The zero-order valence-corrected chi connectivity index (χ0v) is 35.5. The van der Waals surface area contributed by atoms with Crippen LogP contribution in [-0.4, -0.2) is 76.3 Å². The van der Waals surface area contributed by atoms with Crippen LogP contribution in [0.15, 0.2) is 127 Å². The molecule has 0 unspecified atom stereocenters. The van der Waals surface area contributed by atoms with Crippen LogP contribution >= 0.6 is 0 Å². The van der Waals surface area contributed by atoms with Crippen LogP contribution in [0.3, 0.4) is 0 Å². The fourth-order valence-electron chi connectivity index (χ4n) is 8.06. The molecule has 9 rings (SSSR count). The van der Waals surface area contributed by atoms with E-state index in [2.05, 4.69) is 232 Å². The Morgan fingerprint density at radius 1 is 0.383 bits per heavy atom. The quantitative estimate of drug-likeness (QED) is 0.160. The zero-order chi connectivity index (χ0) is 41.7. The normalized spacial score (nSPS) is 12.0. The first kappa shape index (κ1) is 38.2. The lowest BCUT2D eigenvalue weighted by Gasteiger charge is -2.17. The Morgan fingerprint density at radius 3 is 1.28 bits per heavy atom. The van der Waals surface area contributed by atoms with Crippen molar-refractivity contribution in [1.29, 1.82) is 0 Å². The van der Waals surface area contributed by atoms with Crippen LogP contribution in [0.2, 0.25) is 0 Å². The maximum atomic E-state index is 5.57. The molecule has 2 aliphatic rings. The summed E-state index contributed by atoms with van der Waals surface area (Å²) in [6.45, 7) is 0. The predicted octanol–water partition coefficient (Wildman–Crippen LogP) is 11.3. The minimum atomic E-state index is 0.864. The monoisotopic (exact) mass is 786 g/mol. The first-order chi connectivity index (χ1) is 29.0. The summed E-state index contributed by atoms with van der Waals surface area (Å²) in [6, 6.07) is 46.0. The Balaban J connectivity index is 1.49. The molecule has 0 atom stereocenters. The Bertz CT molecular complexity index is 2940. The van der Waals surface area contributed by atoms with E-state index in [1.54, 1.807) is 0 Å². The van der Waals surface area contributed by atoms with Crippen LogP contribution in [0.4, 0.5) is 22.7 Å². The van der Waals surface area contributed by atoms with Crippen molar-refractivity contribution in [3.63, 3.8) is 0 Å². The lowest BCUT2D eigenvalue weighted by Crippen LogP contribution is -2.08. The van der Waals surface area contributed by atoms with Crippen molar-refractivity contribution >= 4 is 68.6 Å². The van der Waals surface area contributed by atoms with E-state index in [9.17, 15) is 0 Å². The molecule has 0 amide bonds. The minimum Gasteiger partial charge on any atom is -0.378 e. The second kappa shape index (κ2) is 15.5. The summed E-state index contributed by atoms with van der Waals surface area (Å²) in [7, 11) is 16.6. The summed E-state index contributed by atoms with van der Waals surface area (Å²) >= 11 is 0. The van der Waals surface area contributed by atoms with E-state index in [1.807, 2.05) is 0 Å². The van der Waals surface area contributed by atoms with E-state index in [0.29, 0.717) is 0 Å². The largest absolute Gasteiger partial charge is 0.378 e. The molecular formula is C52H50N8. The van der Waals surface area contributed by atoms with Crippen LogP contribution < -0.4 is 19.6 Å². The van der Waals surface area contributed by atoms with Gasteiger partial charge in [-0.05, 0) is 119 Å². The Kier molecular flexibility index (Phi) is 9.84. The highest BCUT2D eigenvalue weighted by atomic mass is 15.1. The van der Waals surface area contributed by atoms with Crippen molar-refractivity contribution < 1.29 is 0 Å². The first-order valence-electron chi connectivity index (χ1n) is 20.3. The number of hydrogen-bond donors (Lipinski definition) is 2. The lowest BCUT2D eigenvalue weighted by molar-refractivity contribution is 1.13. The van der Waals surface area contributed by atoms with E-state index in [1.165, 1.54) is 0 Å². The average Bonchev–Trinajstić information content (AvgIpc) is 4.06. The third kappa shape index (κ3) is 7.32. The van der Waals surface area contributed by atoms with Crippen molar-refractivity contribution in [2.75, 3.05) is 76.0 Å². The number of H-pyrrole nitrogens is 2. The average molecular weight is 787 g/mol. The van der Waals surface area contributed by atoms with E-state index in [0.717, 1.165) is 112 Å². The Hall–Kier alpha value is -7.32. The van der Waals surface area contributed by atoms with Gasteiger partial charge in [-0.2, -0.15) is 0 Å². The van der Waals surface area contributed by atoms with Crippen LogP contribution in [0, 0.1) is 0 Å². The smallest absolute Gasteiger partial charge is 0.0815 e. The van der Waals surface area contributed by atoms with E-state index >= 15 is 0 Å². The van der Waals surface area contributed by atoms with Gasteiger partial charge in [0.15, 0.2) is 0 Å². The molecule has 2 N–H and O–H groups in total. The standard InChI is InChI=1S/C52H50N8/c1-57(2)42-21-9-33(10-22-42)46-31-41-30-39-18-17-37(53-39)29-38-19-20-40(54-38)32-47-48(34-11-23-43(24-12-34)58(3)4)49(35-13-25-44(26-14-35)59(5)6)52(56-47)50(51(46)55-41)36-15-27-45(28-16-36)60(7)8/h9-32,53,56H,1-8H3. The molecule has 0 saturated carbocycles. The molecular weight excluding hydrogens is 737 g/mol. The summed E-state index contributed by atoms with van der Waals surface area (Å²) in [6.07, 6.45) is 6.39. The van der Waals surface area contributed by atoms with Gasteiger partial charge in [-0.25, -0.2) is 9.97 Å². The number of nitrogens with zero attached hydrogens (tertiary/aromatic N) is 6. The number of fused-ring (bicyclic) bond motifs is 8. The summed E-state index contributed by atoms with van der Waals surface area (Å²) in [5.74, 6) is 0. The Labute approximate surface area is 352 Å². The molecule has 0 aliphatic carbocycles. The lowest BCUT2D eigenvalue weighted by atomic mass is 9.90. The predicted molar refractivity (Wildman–Crippen MR) is 257 cm³/mol. The molecule has 60 heavy (non-hydrogen) atoms. The van der Waals surface area contributed by atoms with Gasteiger partial charge in [-0.3, -0.25) is 0 Å². The molecule has 0 radical (unpaired) electrons. The van der Waals surface area contributed by atoms with Crippen molar-refractivity contribution in [2.24, 2.45) is 0 Å². The molecule has 0 fully saturated rings. The first-order valence-corrected chi connectivity index (χ1v) is 20.3. The van der Waals surface area contributed by atoms with Crippen molar-refractivity contribution in [3.05, 3.63) is 156 Å². The fourth-order valence-corrected chi connectivity index (χ4v) is 8.06. The molecule has 298 valence electrons. The van der Waals surface area contributed by atoms with E-state index in [4.69, 9.17) is 9.97 Å². The summed E-state index contributed by atoms with van der Waals surface area (Å²) < 4.78 is 0. The molecule has 3 aromatic heterocycles. The van der Waals surface area contributed by atoms with Gasteiger partial charge < -0.3 is 29.6 Å². The third-order valence-corrected chi connectivity index (χ3v) is 11.3. The number of nitrogens with one attached hydrogen (secondary N) is 2. The third-order valence-electron chi connectivity index (χ3n) is 11.3. The molecule has 8 heteroatoms. The number of anilines is 4. The number of hydrogen-bond acceptors (Lipinski definition) is 6. The number of benzene rings is 4. The van der Waals surface area contributed by atoms with Crippen molar-refractivity contribution in [2.45, 2.75) is 0 Å². The zero-order valence-electron chi connectivity index (χ0n) is 35.5. The van der Waals surface area contributed by atoms with Crippen LogP contribution in [0.1, 0.15) is 28.3 Å².